The molecular formula is C9H18N2O. The first kappa shape index (κ1) is 9.68. The van der Waals surface area contributed by atoms with Crippen molar-refractivity contribution in [3.63, 3.8) is 0 Å². The second-order valence-electron chi connectivity index (χ2n) is 3.36. The number of piperidine rings is 1. The zero-order valence-electron chi connectivity index (χ0n) is 7.51. The summed E-state index contributed by atoms with van der Waals surface area (Å²) >= 11 is 0. The minimum Gasteiger partial charge on any atom is -0.330 e. The van der Waals surface area contributed by atoms with E-state index in [4.69, 9.17) is 5.73 Å². The highest BCUT2D eigenvalue weighted by Crippen LogP contribution is 2.09. The molecule has 0 aliphatic carbocycles. The predicted molar refractivity (Wildman–Crippen MR) is 48.9 cm³/mol. The Morgan fingerprint density at radius 2 is 2.33 bits per heavy atom. The van der Waals surface area contributed by atoms with Crippen LogP contribution in [0.5, 0.6) is 0 Å². The Balaban J connectivity index is 2.20. The molecule has 1 unspecified atom stereocenters. The molecule has 0 amide bonds. The Morgan fingerprint density at radius 3 is 2.92 bits per heavy atom. The third-order valence-corrected chi connectivity index (χ3v) is 2.33. The van der Waals surface area contributed by atoms with E-state index in [1.165, 1.54) is 12.8 Å². The van der Waals surface area contributed by atoms with Gasteiger partial charge in [0.15, 0.2) is 0 Å². The number of ketones is 1. The molecule has 0 radical (unpaired) electrons. The number of hydrogen-bond acceptors (Lipinski definition) is 3. The smallest absolute Gasteiger partial charge is 0.149 e. The molecule has 0 bridgehead atoms. The Morgan fingerprint density at radius 1 is 1.50 bits per heavy atom. The van der Waals surface area contributed by atoms with Gasteiger partial charge in [-0.2, -0.15) is 0 Å². The molecule has 70 valence electrons. The van der Waals surface area contributed by atoms with E-state index in [1.807, 2.05) is 0 Å². The fourth-order valence-corrected chi connectivity index (χ4v) is 1.58. The maximum absolute atomic E-state index is 11.4. The Kier molecular flexibility index (Phi) is 4.25. The lowest BCUT2D eigenvalue weighted by molar-refractivity contribution is -0.121. The van der Waals surface area contributed by atoms with E-state index < -0.39 is 0 Å². The molecule has 1 atom stereocenters. The van der Waals surface area contributed by atoms with Gasteiger partial charge in [-0.15, -0.1) is 0 Å². The predicted octanol–water partition coefficient (Wildman–Crippen LogP) is 0.436. The third kappa shape index (κ3) is 2.91. The van der Waals surface area contributed by atoms with Gasteiger partial charge in [0, 0.05) is 6.42 Å². The quantitative estimate of drug-likeness (QED) is 0.643. The Labute approximate surface area is 73.7 Å². The molecule has 0 saturated carbocycles. The molecule has 3 N–H and O–H groups in total. The van der Waals surface area contributed by atoms with Crippen molar-refractivity contribution in [2.75, 3.05) is 13.1 Å². The summed E-state index contributed by atoms with van der Waals surface area (Å²) in [5, 5.41) is 3.24. The van der Waals surface area contributed by atoms with Gasteiger partial charge in [-0.05, 0) is 32.4 Å². The lowest BCUT2D eigenvalue weighted by Gasteiger charge is -2.21. The van der Waals surface area contributed by atoms with Crippen molar-refractivity contribution < 1.29 is 4.79 Å². The molecule has 1 heterocycles. The normalized spacial score (nSPS) is 23.9. The molecule has 1 saturated heterocycles. The van der Waals surface area contributed by atoms with Gasteiger partial charge >= 0.3 is 0 Å². The van der Waals surface area contributed by atoms with Crippen molar-refractivity contribution in [3.8, 4) is 0 Å². The molecule has 12 heavy (non-hydrogen) atoms. The summed E-state index contributed by atoms with van der Waals surface area (Å²) in [7, 11) is 0. The fraction of sp³-hybridized carbons (Fsp3) is 0.889. The van der Waals surface area contributed by atoms with Gasteiger partial charge in [0.2, 0.25) is 0 Å². The van der Waals surface area contributed by atoms with Crippen molar-refractivity contribution in [2.24, 2.45) is 5.73 Å². The lowest BCUT2D eigenvalue weighted by Crippen LogP contribution is -2.40. The van der Waals surface area contributed by atoms with Crippen molar-refractivity contribution in [2.45, 2.75) is 38.1 Å². The highest BCUT2D eigenvalue weighted by molar-refractivity contribution is 5.84. The molecule has 3 heteroatoms. The Hall–Kier alpha value is -0.410. The maximum atomic E-state index is 11.4. The molecule has 0 aromatic carbocycles. The molecule has 1 rings (SSSR count). The number of hydrogen-bond donors (Lipinski definition) is 2. The maximum Gasteiger partial charge on any atom is 0.149 e. The van der Waals surface area contributed by atoms with Crippen LogP contribution in [0.4, 0.5) is 0 Å². The van der Waals surface area contributed by atoms with Crippen LogP contribution >= 0.6 is 0 Å². The van der Waals surface area contributed by atoms with Gasteiger partial charge in [0.25, 0.3) is 0 Å². The summed E-state index contributed by atoms with van der Waals surface area (Å²) in [5.74, 6) is 0.347. The largest absolute Gasteiger partial charge is 0.330 e. The zero-order valence-corrected chi connectivity index (χ0v) is 7.51. The van der Waals surface area contributed by atoms with Gasteiger partial charge < -0.3 is 11.1 Å². The van der Waals surface area contributed by atoms with Crippen LogP contribution in [0, 0.1) is 0 Å². The monoisotopic (exact) mass is 170 g/mol. The first-order chi connectivity index (χ1) is 5.84. The Bertz CT molecular complexity index is 141. The van der Waals surface area contributed by atoms with E-state index in [0.717, 1.165) is 19.4 Å². The first-order valence-electron chi connectivity index (χ1n) is 4.81. The summed E-state index contributed by atoms with van der Waals surface area (Å²) in [6.45, 7) is 1.62. The third-order valence-electron chi connectivity index (χ3n) is 2.33. The van der Waals surface area contributed by atoms with Gasteiger partial charge in [0.1, 0.15) is 5.78 Å². The fourth-order valence-electron chi connectivity index (χ4n) is 1.58. The van der Waals surface area contributed by atoms with Crippen LogP contribution < -0.4 is 11.1 Å². The van der Waals surface area contributed by atoms with Crippen molar-refractivity contribution in [3.05, 3.63) is 0 Å². The molecule has 1 fully saturated rings. The summed E-state index contributed by atoms with van der Waals surface area (Å²) in [4.78, 5) is 11.4. The molecule has 3 nitrogen and oxygen atoms in total. The topological polar surface area (TPSA) is 55.1 Å². The summed E-state index contributed by atoms with van der Waals surface area (Å²) in [6.07, 6.45) is 4.89. The number of Topliss-reactive ketones (excluding diaryl/α,β-unsaturated/α-hetero) is 1. The minimum absolute atomic E-state index is 0.130. The van der Waals surface area contributed by atoms with Crippen molar-refractivity contribution >= 4 is 5.78 Å². The molecule has 0 spiro atoms. The van der Waals surface area contributed by atoms with Crippen molar-refractivity contribution in [1.82, 2.24) is 5.32 Å². The van der Waals surface area contributed by atoms with Crippen LogP contribution in [0.25, 0.3) is 0 Å². The highest BCUT2D eigenvalue weighted by Gasteiger charge is 2.19. The van der Waals surface area contributed by atoms with Gasteiger partial charge in [0.05, 0.1) is 6.04 Å². The van der Waals surface area contributed by atoms with Crippen LogP contribution in [0.3, 0.4) is 0 Å². The van der Waals surface area contributed by atoms with Crippen LogP contribution in [-0.2, 0) is 4.79 Å². The van der Waals surface area contributed by atoms with E-state index in [0.29, 0.717) is 18.7 Å². The number of carbonyl (C=O) groups excluding carboxylic acids is 1. The zero-order chi connectivity index (χ0) is 8.81. The highest BCUT2D eigenvalue weighted by atomic mass is 16.1. The van der Waals surface area contributed by atoms with E-state index in [1.54, 1.807) is 0 Å². The minimum atomic E-state index is 0.130. The average molecular weight is 170 g/mol. The second-order valence-corrected chi connectivity index (χ2v) is 3.36. The summed E-state index contributed by atoms with van der Waals surface area (Å²) in [6, 6.07) is 0.130. The van der Waals surface area contributed by atoms with Crippen LogP contribution in [0.1, 0.15) is 32.1 Å². The molecule has 0 aromatic heterocycles. The summed E-state index contributed by atoms with van der Waals surface area (Å²) in [5.41, 5.74) is 5.33. The van der Waals surface area contributed by atoms with Crippen LogP contribution in [-0.4, -0.2) is 24.9 Å². The SMILES string of the molecule is NCCCC(=O)C1CCCCN1. The first-order valence-corrected chi connectivity index (χ1v) is 4.81. The number of nitrogens with two attached hydrogens (primary N) is 1. The van der Waals surface area contributed by atoms with E-state index in [2.05, 4.69) is 5.32 Å². The van der Waals surface area contributed by atoms with Crippen LogP contribution in [0.2, 0.25) is 0 Å². The van der Waals surface area contributed by atoms with Gasteiger partial charge in [-0.25, -0.2) is 0 Å². The van der Waals surface area contributed by atoms with Crippen LogP contribution in [0.15, 0.2) is 0 Å². The molecule has 1 aliphatic rings. The molecule has 1 aliphatic heterocycles. The lowest BCUT2D eigenvalue weighted by atomic mass is 9.98. The number of nitrogens with one attached hydrogen (secondary N) is 1. The second kappa shape index (κ2) is 5.27. The summed E-state index contributed by atoms with van der Waals surface area (Å²) < 4.78 is 0. The van der Waals surface area contributed by atoms with E-state index in [-0.39, 0.29) is 6.04 Å². The standard InChI is InChI=1S/C9H18N2O/c10-6-3-5-9(12)8-4-1-2-7-11-8/h8,11H,1-7,10H2. The van der Waals surface area contributed by atoms with E-state index in [9.17, 15) is 4.79 Å². The number of carbonyl (C=O) groups is 1. The molecular weight excluding hydrogens is 152 g/mol. The number of rotatable bonds is 4. The molecule has 0 aromatic rings. The van der Waals surface area contributed by atoms with Gasteiger partial charge in [-0.3, -0.25) is 4.79 Å². The van der Waals surface area contributed by atoms with Crippen molar-refractivity contribution in [1.29, 1.82) is 0 Å². The van der Waals surface area contributed by atoms with E-state index >= 15 is 0 Å². The average Bonchev–Trinajstić information content (AvgIpc) is 2.15. The van der Waals surface area contributed by atoms with Gasteiger partial charge in [-0.1, -0.05) is 6.42 Å².